The van der Waals surface area contributed by atoms with Crippen LogP contribution in [0.1, 0.15) is 44.9 Å². The first-order chi connectivity index (χ1) is 8.11. The van der Waals surface area contributed by atoms with Crippen LogP contribution >= 0.6 is 0 Å². The number of carboxylic acids is 1. The van der Waals surface area contributed by atoms with E-state index in [0.29, 0.717) is 0 Å². The number of carbonyl (C=O) groups excluding carboxylic acids is 1. The number of aliphatic hydroxyl groups is 1. The molecule has 0 aromatic rings. The van der Waals surface area contributed by atoms with Gasteiger partial charge in [-0.15, -0.1) is 0 Å². The Bertz CT molecular complexity index is 259. The molecular weight excluding hydrogens is 222 g/mol. The zero-order valence-electron chi connectivity index (χ0n) is 10.0. The van der Waals surface area contributed by atoms with Crippen molar-refractivity contribution in [2.45, 2.75) is 51.0 Å². The number of rotatable bonds is 5. The number of carbonyl (C=O) groups is 2. The molecule has 1 fully saturated rings. The van der Waals surface area contributed by atoms with Crippen molar-refractivity contribution in [2.24, 2.45) is 5.92 Å². The molecule has 98 valence electrons. The van der Waals surface area contributed by atoms with E-state index in [9.17, 15) is 9.59 Å². The largest absolute Gasteiger partial charge is 0.479 e. The van der Waals surface area contributed by atoms with Crippen molar-refractivity contribution in [3.05, 3.63) is 0 Å². The number of hydrogen-bond acceptors (Lipinski definition) is 3. The fourth-order valence-electron chi connectivity index (χ4n) is 2.14. The maximum absolute atomic E-state index is 11.8. The number of nitrogens with one attached hydrogen (secondary N) is 1. The number of aliphatic carboxylic acids is 1. The Balaban J connectivity index is 2.21. The van der Waals surface area contributed by atoms with Gasteiger partial charge in [-0.05, 0) is 12.8 Å². The molecule has 3 N–H and O–H groups in total. The monoisotopic (exact) mass is 243 g/mol. The summed E-state index contributed by atoms with van der Waals surface area (Å²) < 4.78 is 0. The molecule has 0 radical (unpaired) electrons. The van der Waals surface area contributed by atoms with Gasteiger partial charge in [0.2, 0.25) is 5.91 Å². The SMILES string of the molecule is O=C(O)C(O)CCNC(=O)C1CCCCCC1. The first-order valence-corrected chi connectivity index (χ1v) is 6.30. The molecule has 0 spiro atoms. The molecule has 0 saturated heterocycles. The van der Waals surface area contributed by atoms with Gasteiger partial charge >= 0.3 is 5.97 Å². The van der Waals surface area contributed by atoms with E-state index in [-0.39, 0.29) is 24.8 Å². The minimum absolute atomic E-state index is 0.00416. The highest BCUT2D eigenvalue weighted by molar-refractivity contribution is 5.78. The average molecular weight is 243 g/mol. The third-order valence-corrected chi connectivity index (χ3v) is 3.23. The van der Waals surface area contributed by atoms with Crippen LogP contribution in [0.2, 0.25) is 0 Å². The topological polar surface area (TPSA) is 86.6 Å². The van der Waals surface area contributed by atoms with E-state index in [1.54, 1.807) is 0 Å². The fourth-order valence-corrected chi connectivity index (χ4v) is 2.14. The predicted octanol–water partition coefficient (Wildman–Crippen LogP) is 0.909. The lowest BCUT2D eigenvalue weighted by Crippen LogP contribution is -2.34. The highest BCUT2D eigenvalue weighted by Crippen LogP contribution is 2.22. The number of hydrogen-bond donors (Lipinski definition) is 3. The molecular formula is C12H21NO4. The van der Waals surface area contributed by atoms with E-state index in [4.69, 9.17) is 10.2 Å². The number of amides is 1. The summed E-state index contributed by atoms with van der Waals surface area (Å²) in [5.74, 6) is -1.17. The molecule has 1 atom stereocenters. The summed E-state index contributed by atoms with van der Waals surface area (Å²) in [4.78, 5) is 22.1. The van der Waals surface area contributed by atoms with Gasteiger partial charge in [0.05, 0.1) is 0 Å². The highest BCUT2D eigenvalue weighted by Gasteiger charge is 2.20. The zero-order valence-corrected chi connectivity index (χ0v) is 10.0. The molecule has 5 heteroatoms. The molecule has 1 unspecified atom stereocenters. The Kier molecular flexibility index (Phi) is 5.97. The minimum Gasteiger partial charge on any atom is -0.479 e. The second kappa shape index (κ2) is 7.27. The third-order valence-electron chi connectivity index (χ3n) is 3.23. The Morgan fingerprint density at radius 3 is 2.29 bits per heavy atom. The van der Waals surface area contributed by atoms with E-state index in [1.165, 1.54) is 12.8 Å². The maximum atomic E-state index is 11.8. The van der Waals surface area contributed by atoms with Crippen LogP contribution in [0.15, 0.2) is 0 Å². The summed E-state index contributed by atoms with van der Waals surface area (Å²) in [5, 5.41) is 20.2. The van der Waals surface area contributed by atoms with E-state index in [0.717, 1.165) is 25.7 Å². The van der Waals surface area contributed by atoms with Crippen LogP contribution in [0, 0.1) is 5.92 Å². The summed E-state index contributed by atoms with van der Waals surface area (Å²) in [6, 6.07) is 0. The van der Waals surface area contributed by atoms with E-state index < -0.39 is 12.1 Å². The molecule has 1 rings (SSSR count). The normalized spacial score (nSPS) is 19.4. The molecule has 1 saturated carbocycles. The second-order valence-electron chi connectivity index (χ2n) is 4.62. The van der Waals surface area contributed by atoms with Crippen molar-refractivity contribution in [1.29, 1.82) is 0 Å². The lowest BCUT2D eigenvalue weighted by Gasteiger charge is -2.14. The van der Waals surface area contributed by atoms with Crippen LogP contribution in [-0.2, 0) is 9.59 Å². The van der Waals surface area contributed by atoms with Crippen LogP contribution in [-0.4, -0.2) is 34.7 Å². The van der Waals surface area contributed by atoms with Crippen LogP contribution in [0.3, 0.4) is 0 Å². The smallest absolute Gasteiger partial charge is 0.332 e. The van der Waals surface area contributed by atoms with Gasteiger partial charge in [-0.2, -0.15) is 0 Å². The van der Waals surface area contributed by atoms with Crippen LogP contribution in [0.25, 0.3) is 0 Å². The standard InChI is InChI=1S/C12H21NO4/c14-10(12(16)17)7-8-13-11(15)9-5-3-1-2-4-6-9/h9-10,14H,1-8H2,(H,13,15)(H,16,17). The van der Waals surface area contributed by atoms with Crippen molar-refractivity contribution >= 4 is 11.9 Å². The third kappa shape index (κ3) is 5.17. The summed E-state index contributed by atoms with van der Waals surface area (Å²) in [6.07, 6.45) is 5.10. The van der Waals surface area contributed by atoms with Gasteiger partial charge in [-0.25, -0.2) is 4.79 Å². The molecule has 17 heavy (non-hydrogen) atoms. The predicted molar refractivity (Wildman–Crippen MR) is 62.5 cm³/mol. The van der Waals surface area contributed by atoms with Gasteiger partial charge < -0.3 is 15.5 Å². The quantitative estimate of drug-likeness (QED) is 0.626. The van der Waals surface area contributed by atoms with Gasteiger partial charge in [0, 0.05) is 18.9 Å². The van der Waals surface area contributed by atoms with Crippen molar-refractivity contribution in [3.63, 3.8) is 0 Å². The van der Waals surface area contributed by atoms with Gasteiger partial charge in [-0.3, -0.25) is 4.79 Å². The Labute approximate surface area is 101 Å². The Morgan fingerprint density at radius 2 is 1.76 bits per heavy atom. The van der Waals surface area contributed by atoms with E-state index >= 15 is 0 Å². The molecule has 0 aromatic carbocycles. The van der Waals surface area contributed by atoms with E-state index in [2.05, 4.69) is 5.32 Å². The zero-order chi connectivity index (χ0) is 12.7. The maximum Gasteiger partial charge on any atom is 0.332 e. The van der Waals surface area contributed by atoms with E-state index in [1.807, 2.05) is 0 Å². The molecule has 0 heterocycles. The first kappa shape index (κ1) is 14.0. The van der Waals surface area contributed by atoms with Crippen molar-refractivity contribution in [1.82, 2.24) is 5.32 Å². The minimum atomic E-state index is -1.38. The molecule has 1 aliphatic rings. The molecule has 0 aromatic heterocycles. The Morgan fingerprint density at radius 1 is 1.18 bits per heavy atom. The number of aliphatic hydroxyl groups excluding tert-OH is 1. The lowest BCUT2D eigenvalue weighted by atomic mass is 9.99. The van der Waals surface area contributed by atoms with Gasteiger partial charge in [0.1, 0.15) is 0 Å². The molecule has 1 aliphatic carbocycles. The summed E-state index contributed by atoms with van der Waals surface area (Å²) >= 11 is 0. The van der Waals surface area contributed by atoms with Gasteiger partial charge in [-0.1, -0.05) is 25.7 Å². The van der Waals surface area contributed by atoms with Crippen LogP contribution in [0.4, 0.5) is 0 Å². The first-order valence-electron chi connectivity index (χ1n) is 6.30. The van der Waals surface area contributed by atoms with Crippen molar-refractivity contribution in [3.8, 4) is 0 Å². The molecule has 5 nitrogen and oxygen atoms in total. The lowest BCUT2D eigenvalue weighted by molar-refractivity contribution is -0.147. The van der Waals surface area contributed by atoms with Gasteiger partial charge in [0.25, 0.3) is 0 Å². The van der Waals surface area contributed by atoms with Crippen molar-refractivity contribution < 1.29 is 19.8 Å². The molecule has 0 bridgehead atoms. The highest BCUT2D eigenvalue weighted by atomic mass is 16.4. The second-order valence-corrected chi connectivity index (χ2v) is 4.62. The Hall–Kier alpha value is -1.10. The van der Waals surface area contributed by atoms with Crippen LogP contribution in [0.5, 0.6) is 0 Å². The van der Waals surface area contributed by atoms with Crippen molar-refractivity contribution in [2.75, 3.05) is 6.54 Å². The number of carboxylic acid groups (broad SMARTS) is 1. The fraction of sp³-hybridized carbons (Fsp3) is 0.833. The van der Waals surface area contributed by atoms with Gasteiger partial charge in [0.15, 0.2) is 6.10 Å². The molecule has 0 aliphatic heterocycles. The molecule has 1 amide bonds. The summed E-state index contributed by atoms with van der Waals surface area (Å²) in [5.41, 5.74) is 0. The summed E-state index contributed by atoms with van der Waals surface area (Å²) in [6.45, 7) is 0.225. The van der Waals surface area contributed by atoms with Crippen LogP contribution < -0.4 is 5.32 Å². The summed E-state index contributed by atoms with van der Waals surface area (Å²) in [7, 11) is 0. The average Bonchev–Trinajstić information content (AvgIpc) is 2.57.